The molecule has 1 aromatic heterocycles. The lowest BCUT2D eigenvalue weighted by molar-refractivity contribution is 0.0692. The number of aromatic nitrogens is 1. The van der Waals surface area contributed by atoms with Crippen molar-refractivity contribution in [1.82, 2.24) is 4.98 Å². The number of pyridine rings is 1. The van der Waals surface area contributed by atoms with Gasteiger partial charge in [-0.2, -0.15) is 0 Å². The van der Waals surface area contributed by atoms with E-state index in [4.69, 9.17) is 9.84 Å². The van der Waals surface area contributed by atoms with Gasteiger partial charge in [0, 0.05) is 0 Å². The number of halogens is 1. The second kappa shape index (κ2) is 6.35. The Hall–Kier alpha value is -2.43. The van der Waals surface area contributed by atoms with Crippen LogP contribution in [0.4, 0.5) is 4.39 Å². The summed E-state index contributed by atoms with van der Waals surface area (Å²) < 4.78 is 18.5. The topological polar surface area (TPSA) is 59.4 Å². The van der Waals surface area contributed by atoms with Crippen LogP contribution in [-0.4, -0.2) is 16.1 Å². The first-order chi connectivity index (χ1) is 10.0. The van der Waals surface area contributed by atoms with Crippen LogP contribution in [0.25, 0.3) is 0 Å². The van der Waals surface area contributed by atoms with Gasteiger partial charge in [0.05, 0.1) is 6.20 Å². The molecule has 0 radical (unpaired) electrons. The van der Waals surface area contributed by atoms with E-state index < -0.39 is 11.8 Å². The number of carboxylic acid groups (broad SMARTS) is 1. The SMILES string of the molecule is CCC(C)c1ccc(Oc2ncc(F)cc2C(=O)O)cc1. The number of benzene rings is 1. The van der Waals surface area contributed by atoms with Crippen molar-refractivity contribution >= 4 is 5.97 Å². The molecule has 0 saturated heterocycles. The lowest BCUT2D eigenvalue weighted by Gasteiger charge is -2.11. The van der Waals surface area contributed by atoms with Crippen LogP contribution in [0.5, 0.6) is 11.6 Å². The smallest absolute Gasteiger partial charge is 0.341 e. The standard InChI is InChI=1S/C16H16FNO3/c1-3-10(2)11-4-6-13(7-5-11)21-15-14(16(19)20)8-12(17)9-18-15/h4-10H,3H2,1-2H3,(H,19,20). The van der Waals surface area contributed by atoms with Gasteiger partial charge in [0.1, 0.15) is 17.1 Å². The fourth-order valence-electron chi connectivity index (χ4n) is 1.87. The molecule has 2 rings (SSSR count). The van der Waals surface area contributed by atoms with E-state index in [-0.39, 0.29) is 11.4 Å². The Kier molecular flexibility index (Phi) is 4.52. The molecule has 0 aliphatic carbocycles. The fraction of sp³-hybridized carbons (Fsp3) is 0.250. The summed E-state index contributed by atoms with van der Waals surface area (Å²) in [6.45, 7) is 4.23. The minimum atomic E-state index is -1.28. The van der Waals surface area contributed by atoms with Crippen LogP contribution in [0.2, 0.25) is 0 Å². The number of nitrogens with zero attached hydrogens (tertiary/aromatic N) is 1. The number of rotatable bonds is 5. The van der Waals surface area contributed by atoms with Gasteiger partial charge in [-0.05, 0) is 36.1 Å². The van der Waals surface area contributed by atoms with E-state index in [2.05, 4.69) is 18.8 Å². The molecule has 1 aromatic carbocycles. The fourth-order valence-corrected chi connectivity index (χ4v) is 1.87. The molecule has 0 aliphatic heterocycles. The summed E-state index contributed by atoms with van der Waals surface area (Å²) >= 11 is 0. The van der Waals surface area contributed by atoms with Crippen LogP contribution >= 0.6 is 0 Å². The second-order valence-corrected chi connectivity index (χ2v) is 4.79. The van der Waals surface area contributed by atoms with Gasteiger partial charge in [-0.3, -0.25) is 0 Å². The molecule has 0 amide bonds. The Morgan fingerprint density at radius 2 is 2.05 bits per heavy atom. The zero-order chi connectivity index (χ0) is 15.4. The Balaban J connectivity index is 2.24. The van der Waals surface area contributed by atoms with Crippen molar-refractivity contribution in [1.29, 1.82) is 0 Å². The third-order valence-corrected chi connectivity index (χ3v) is 3.32. The average Bonchev–Trinajstić information content (AvgIpc) is 2.49. The molecule has 0 fully saturated rings. The zero-order valence-electron chi connectivity index (χ0n) is 11.8. The van der Waals surface area contributed by atoms with Crippen LogP contribution in [0.1, 0.15) is 42.1 Å². The molecule has 1 N–H and O–H groups in total. The van der Waals surface area contributed by atoms with Crippen molar-refractivity contribution in [2.75, 3.05) is 0 Å². The van der Waals surface area contributed by atoms with Gasteiger partial charge in [-0.1, -0.05) is 26.0 Å². The van der Waals surface area contributed by atoms with Gasteiger partial charge in [-0.25, -0.2) is 14.2 Å². The van der Waals surface area contributed by atoms with Gasteiger partial charge in [0.2, 0.25) is 5.88 Å². The molecule has 1 atom stereocenters. The lowest BCUT2D eigenvalue weighted by atomic mass is 9.99. The molecule has 21 heavy (non-hydrogen) atoms. The average molecular weight is 289 g/mol. The number of hydrogen-bond donors (Lipinski definition) is 1. The Labute approximate surface area is 122 Å². The van der Waals surface area contributed by atoms with Crippen molar-refractivity contribution in [3.8, 4) is 11.6 Å². The van der Waals surface area contributed by atoms with Crippen molar-refractivity contribution in [3.63, 3.8) is 0 Å². The molecule has 0 saturated carbocycles. The van der Waals surface area contributed by atoms with Crippen LogP contribution in [0, 0.1) is 5.82 Å². The number of carboxylic acids is 1. The van der Waals surface area contributed by atoms with E-state index in [1.807, 2.05) is 12.1 Å². The molecule has 2 aromatic rings. The van der Waals surface area contributed by atoms with Crippen molar-refractivity contribution in [2.24, 2.45) is 0 Å². The molecule has 5 heteroatoms. The third-order valence-electron chi connectivity index (χ3n) is 3.32. The molecule has 4 nitrogen and oxygen atoms in total. The largest absolute Gasteiger partial charge is 0.477 e. The third kappa shape index (κ3) is 3.56. The number of aromatic carboxylic acids is 1. The summed E-state index contributed by atoms with van der Waals surface area (Å²) in [5.74, 6) is -1.22. The van der Waals surface area contributed by atoms with E-state index in [0.29, 0.717) is 11.7 Å². The summed E-state index contributed by atoms with van der Waals surface area (Å²) in [5, 5.41) is 9.03. The highest BCUT2D eigenvalue weighted by atomic mass is 19.1. The van der Waals surface area contributed by atoms with Gasteiger partial charge < -0.3 is 9.84 Å². The highest BCUT2D eigenvalue weighted by Gasteiger charge is 2.15. The number of carbonyl (C=O) groups is 1. The van der Waals surface area contributed by atoms with Gasteiger partial charge in [-0.15, -0.1) is 0 Å². The first kappa shape index (κ1) is 15.0. The van der Waals surface area contributed by atoms with Crippen LogP contribution in [0.15, 0.2) is 36.5 Å². The first-order valence-corrected chi connectivity index (χ1v) is 6.68. The molecule has 1 unspecified atom stereocenters. The highest BCUT2D eigenvalue weighted by Crippen LogP contribution is 2.26. The Morgan fingerprint density at radius 3 is 2.62 bits per heavy atom. The predicted octanol–water partition coefficient (Wildman–Crippen LogP) is 4.22. The monoisotopic (exact) mass is 289 g/mol. The number of hydrogen-bond acceptors (Lipinski definition) is 3. The molecule has 110 valence electrons. The maximum absolute atomic E-state index is 13.0. The minimum absolute atomic E-state index is 0.125. The van der Waals surface area contributed by atoms with E-state index in [0.717, 1.165) is 18.7 Å². The molecular weight excluding hydrogens is 273 g/mol. The van der Waals surface area contributed by atoms with E-state index in [1.54, 1.807) is 12.1 Å². The van der Waals surface area contributed by atoms with Gasteiger partial charge in [0.15, 0.2) is 0 Å². The maximum atomic E-state index is 13.0. The molecule has 0 bridgehead atoms. The normalized spacial score (nSPS) is 12.0. The van der Waals surface area contributed by atoms with Crippen molar-refractivity contribution in [2.45, 2.75) is 26.2 Å². The van der Waals surface area contributed by atoms with E-state index >= 15 is 0 Å². The van der Waals surface area contributed by atoms with Crippen molar-refractivity contribution < 1.29 is 19.0 Å². The predicted molar refractivity (Wildman–Crippen MR) is 76.4 cm³/mol. The van der Waals surface area contributed by atoms with Crippen LogP contribution < -0.4 is 4.74 Å². The van der Waals surface area contributed by atoms with Crippen LogP contribution in [0.3, 0.4) is 0 Å². The Morgan fingerprint density at radius 1 is 1.38 bits per heavy atom. The minimum Gasteiger partial charge on any atom is -0.477 e. The van der Waals surface area contributed by atoms with Gasteiger partial charge in [0.25, 0.3) is 0 Å². The molecule has 1 heterocycles. The summed E-state index contributed by atoms with van der Waals surface area (Å²) in [7, 11) is 0. The van der Waals surface area contributed by atoms with Crippen molar-refractivity contribution in [3.05, 3.63) is 53.5 Å². The second-order valence-electron chi connectivity index (χ2n) is 4.79. The maximum Gasteiger partial charge on any atom is 0.341 e. The lowest BCUT2D eigenvalue weighted by Crippen LogP contribution is -2.03. The summed E-state index contributed by atoms with van der Waals surface area (Å²) in [4.78, 5) is 14.8. The quantitative estimate of drug-likeness (QED) is 0.895. The molecular formula is C16H16FNO3. The summed E-state index contributed by atoms with van der Waals surface area (Å²) in [5.41, 5.74) is 0.872. The summed E-state index contributed by atoms with van der Waals surface area (Å²) in [6, 6.07) is 8.23. The number of ether oxygens (including phenoxy) is 1. The zero-order valence-corrected chi connectivity index (χ0v) is 11.8. The Bertz CT molecular complexity index is 640. The highest BCUT2D eigenvalue weighted by molar-refractivity contribution is 5.90. The molecule has 0 aliphatic rings. The molecule has 0 spiro atoms. The van der Waals surface area contributed by atoms with E-state index in [1.165, 1.54) is 5.56 Å². The van der Waals surface area contributed by atoms with E-state index in [9.17, 15) is 9.18 Å². The van der Waals surface area contributed by atoms with Crippen LogP contribution in [-0.2, 0) is 0 Å². The first-order valence-electron chi connectivity index (χ1n) is 6.68. The van der Waals surface area contributed by atoms with Gasteiger partial charge >= 0.3 is 5.97 Å². The summed E-state index contributed by atoms with van der Waals surface area (Å²) in [6.07, 6.45) is 1.96.